The third-order valence-corrected chi connectivity index (χ3v) is 5.27. The molecule has 7 nitrogen and oxygen atoms in total. The van der Waals surface area contributed by atoms with Gasteiger partial charge in [-0.05, 0) is 13.8 Å². The third kappa shape index (κ3) is 3.84. The maximum absolute atomic E-state index is 6.20. The molecule has 1 aliphatic heterocycles. The Morgan fingerprint density at radius 2 is 2.04 bits per heavy atom. The lowest BCUT2D eigenvalue weighted by Gasteiger charge is -2.35. The number of piperazine rings is 1. The van der Waals surface area contributed by atoms with Crippen molar-refractivity contribution in [2.75, 3.05) is 38.2 Å². The van der Waals surface area contributed by atoms with Crippen LogP contribution in [0.3, 0.4) is 0 Å². The molecule has 3 heterocycles. The Hall–Kier alpha value is -2.35. The molecule has 0 atom stereocenters. The number of anilines is 1. The van der Waals surface area contributed by atoms with Gasteiger partial charge in [0.15, 0.2) is 11.1 Å². The van der Waals surface area contributed by atoms with Gasteiger partial charge in [-0.25, -0.2) is 9.98 Å². The maximum atomic E-state index is 6.20. The number of aliphatic imine (C=N–C) groups is 1. The number of rotatable bonds is 4. The van der Waals surface area contributed by atoms with Crippen LogP contribution in [0, 0.1) is 13.8 Å². The fourth-order valence-electron chi connectivity index (χ4n) is 2.99. The number of thiazole rings is 1. The van der Waals surface area contributed by atoms with Gasteiger partial charge in [-0.3, -0.25) is 4.98 Å². The second-order valence-corrected chi connectivity index (χ2v) is 6.88. The van der Waals surface area contributed by atoms with Crippen LogP contribution in [0.1, 0.15) is 16.8 Å². The van der Waals surface area contributed by atoms with Crippen LogP contribution in [0.5, 0.6) is 5.75 Å². The average Bonchev–Trinajstić information content (AvgIpc) is 3.16. The molecule has 0 unspecified atom stereocenters. The Morgan fingerprint density at radius 1 is 1.28 bits per heavy atom. The molecule has 8 heteroatoms. The molecule has 0 spiro atoms. The monoisotopic (exact) mass is 360 g/mol. The van der Waals surface area contributed by atoms with E-state index >= 15 is 0 Å². The summed E-state index contributed by atoms with van der Waals surface area (Å²) in [6, 6.07) is 0. The molecule has 1 aliphatic rings. The lowest BCUT2D eigenvalue weighted by Crippen LogP contribution is -2.51. The molecule has 0 saturated carbocycles. The van der Waals surface area contributed by atoms with Crippen molar-refractivity contribution >= 4 is 22.4 Å². The van der Waals surface area contributed by atoms with E-state index in [9.17, 15) is 0 Å². The van der Waals surface area contributed by atoms with Gasteiger partial charge in [-0.15, -0.1) is 11.3 Å². The predicted octanol–water partition coefficient (Wildman–Crippen LogP) is 1.80. The van der Waals surface area contributed by atoms with Gasteiger partial charge in [-0.1, -0.05) is 0 Å². The summed E-state index contributed by atoms with van der Waals surface area (Å²) in [4.78, 5) is 17.8. The van der Waals surface area contributed by atoms with E-state index in [4.69, 9.17) is 10.5 Å². The first-order valence-electron chi connectivity index (χ1n) is 8.28. The fraction of sp³-hybridized carbons (Fsp3) is 0.471. The summed E-state index contributed by atoms with van der Waals surface area (Å²) in [5.41, 5.74) is 9.14. The van der Waals surface area contributed by atoms with Crippen LogP contribution in [-0.4, -0.2) is 54.1 Å². The summed E-state index contributed by atoms with van der Waals surface area (Å²) in [6.07, 6.45) is 3.66. The number of nitrogens with zero attached hydrogens (tertiary/aromatic N) is 5. The smallest absolute Gasteiger partial charge is 0.191 e. The quantitative estimate of drug-likeness (QED) is 0.662. The van der Waals surface area contributed by atoms with Crippen molar-refractivity contribution in [3.63, 3.8) is 0 Å². The van der Waals surface area contributed by atoms with Crippen molar-refractivity contribution in [1.29, 1.82) is 0 Å². The summed E-state index contributed by atoms with van der Waals surface area (Å²) >= 11 is 1.67. The highest BCUT2D eigenvalue weighted by Crippen LogP contribution is 2.24. The molecule has 1 fully saturated rings. The first-order valence-corrected chi connectivity index (χ1v) is 9.16. The van der Waals surface area contributed by atoms with Crippen molar-refractivity contribution in [3.8, 4) is 5.75 Å². The number of aryl methyl sites for hydroxylation is 1. The van der Waals surface area contributed by atoms with Gasteiger partial charge in [0.1, 0.15) is 5.75 Å². The van der Waals surface area contributed by atoms with Crippen molar-refractivity contribution in [2.24, 2.45) is 10.7 Å². The minimum Gasteiger partial charge on any atom is -0.496 e. The number of hydrogen-bond acceptors (Lipinski definition) is 6. The van der Waals surface area contributed by atoms with Crippen LogP contribution in [0.25, 0.3) is 0 Å². The summed E-state index contributed by atoms with van der Waals surface area (Å²) in [7, 11) is 1.68. The zero-order valence-electron chi connectivity index (χ0n) is 14.9. The second-order valence-electron chi connectivity index (χ2n) is 6.01. The van der Waals surface area contributed by atoms with Crippen LogP contribution < -0.4 is 15.4 Å². The van der Waals surface area contributed by atoms with Gasteiger partial charge in [0.25, 0.3) is 0 Å². The van der Waals surface area contributed by atoms with Crippen LogP contribution in [0.2, 0.25) is 0 Å². The summed E-state index contributed by atoms with van der Waals surface area (Å²) in [5, 5.41) is 3.07. The number of hydrogen-bond donors (Lipinski definition) is 1. The summed E-state index contributed by atoms with van der Waals surface area (Å²) in [6.45, 7) is 7.95. The topological polar surface area (TPSA) is 79.9 Å². The Morgan fingerprint density at radius 3 is 2.68 bits per heavy atom. The molecule has 0 radical (unpaired) electrons. The van der Waals surface area contributed by atoms with E-state index in [1.807, 2.05) is 31.6 Å². The molecule has 0 amide bonds. The van der Waals surface area contributed by atoms with Crippen molar-refractivity contribution in [1.82, 2.24) is 14.9 Å². The molecule has 0 aromatic carbocycles. The first kappa shape index (κ1) is 17.5. The highest BCUT2D eigenvalue weighted by Gasteiger charge is 2.20. The maximum Gasteiger partial charge on any atom is 0.191 e. The highest BCUT2D eigenvalue weighted by atomic mass is 32.1. The van der Waals surface area contributed by atoms with Crippen LogP contribution in [0.4, 0.5) is 5.13 Å². The van der Waals surface area contributed by atoms with E-state index in [1.54, 1.807) is 18.4 Å². The van der Waals surface area contributed by atoms with E-state index < -0.39 is 0 Å². The summed E-state index contributed by atoms with van der Waals surface area (Å²) in [5.74, 6) is 1.44. The van der Waals surface area contributed by atoms with Crippen molar-refractivity contribution < 1.29 is 4.74 Å². The Bertz CT molecular complexity index is 738. The molecular weight excluding hydrogens is 336 g/mol. The van der Waals surface area contributed by atoms with Crippen molar-refractivity contribution in [2.45, 2.75) is 20.4 Å². The Kier molecular flexibility index (Phi) is 5.37. The molecule has 0 aliphatic carbocycles. The Balaban J connectivity index is 1.61. The first-order chi connectivity index (χ1) is 12.1. The number of guanidine groups is 1. The lowest BCUT2D eigenvalue weighted by molar-refractivity contribution is 0.380. The van der Waals surface area contributed by atoms with Gasteiger partial charge in [0.2, 0.25) is 0 Å². The predicted molar refractivity (Wildman–Crippen MR) is 101 cm³/mol. The number of ether oxygens (including phenoxy) is 1. The molecule has 3 rings (SSSR count). The highest BCUT2D eigenvalue weighted by molar-refractivity contribution is 7.13. The largest absolute Gasteiger partial charge is 0.496 e. The molecule has 134 valence electrons. The van der Waals surface area contributed by atoms with E-state index in [-0.39, 0.29) is 0 Å². The van der Waals surface area contributed by atoms with Crippen LogP contribution in [-0.2, 0) is 6.54 Å². The van der Waals surface area contributed by atoms with E-state index in [0.29, 0.717) is 12.5 Å². The van der Waals surface area contributed by atoms with Gasteiger partial charge >= 0.3 is 0 Å². The molecule has 2 aromatic heterocycles. The van der Waals surface area contributed by atoms with E-state index in [2.05, 4.69) is 24.8 Å². The minimum absolute atomic E-state index is 0.459. The second kappa shape index (κ2) is 7.69. The normalized spacial score (nSPS) is 15.6. The number of methoxy groups -OCH3 is 1. The van der Waals surface area contributed by atoms with Gasteiger partial charge in [-0.2, -0.15) is 0 Å². The fourth-order valence-corrected chi connectivity index (χ4v) is 3.68. The Labute approximate surface area is 152 Å². The van der Waals surface area contributed by atoms with Crippen molar-refractivity contribution in [3.05, 3.63) is 34.6 Å². The number of pyridine rings is 1. The summed E-state index contributed by atoms with van der Waals surface area (Å²) < 4.78 is 5.45. The van der Waals surface area contributed by atoms with Gasteiger partial charge < -0.3 is 20.3 Å². The van der Waals surface area contributed by atoms with Crippen LogP contribution in [0.15, 0.2) is 22.8 Å². The SMILES string of the molecule is COc1c(C)cnc(CN=C(N)N2CCN(c3nccs3)CC2)c1C. The van der Waals surface area contributed by atoms with Gasteiger partial charge in [0.05, 0.1) is 19.3 Å². The minimum atomic E-state index is 0.459. The molecule has 2 aromatic rings. The zero-order valence-corrected chi connectivity index (χ0v) is 15.7. The van der Waals surface area contributed by atoms with E-state index in [0.717, 1.165) is 53.9 Å². The molecule has 2 N–H and O–H groups in total. The molecule has 0 bridgehead atoms. The van der Waals surface area contributed by atoms with Gasteiger partial charge in [0, 0.05) is 55.1 Å². The van der Waals surface area contributed by atoms with Crippen LogP contribution >= 0.6 is 11.3 Å². The van der Waals surface area contributed by atoms with E-state index in [1.165, 1.54) is 0 Å². The zero-order chi connectivity index (χ0) is 17.8. The average molecular weight is 360 g/mol. The number of aromatic nitrogens is 2. The molecule has 1 saturated heterocycles. The molecular formula is C17H24N6OS. The standard InChI is InChI=1S/C17H24N6OS/c1-12-10-20-14(13(2)15(12)24-3)11-21-16(18)22-5-7-23(8-6-22)17-19-4-9-25-17/h4,9-10H,5-8,11H2,1-3H3,(H2,18,21). The number of nitrogens with two attached hydrogens (primary N) is 1. The molecule has 25 heavy (non-hydrogen) atoms. The lowest BCUT2D eigenvalue weighted by atomic mass is 10.1. The third-order valence-electron chi connectivity index (χ3n) is 4.43.